The Morgan fingerprint density at radius 1 is 1.07 bits per heavy atom. The first-order valence-corrected chi connectivity index (χ1v) is 5.57. The Kier molecular flexibility index (Phi) is 4.19. The lowest BCUT2D eigenvalue weighted by Gasteiger charge is -2.08. The highest BCUT2D eigenvalue weighted by atomic mass is 14.1. The molecule has 0 aromatic heterocycles. The van der Waals surface area contributed by atoms with Crippen molar-refractivity contribution in [2.45, 2.75) is 40.5 Å². The van der Waals surface area contributed by atoms with Gasteiger partial charge in [0.05, 0.1) is 0 Å². The molecule has 0 spiro atoms. The maximum absolute atomic E-state index is 3.31. The predicted octanol–water partition coefficient (Wildman–Crippen LogP) is 3.88. The molecule has 0 saturated heterocycles. The fraction of sp³-hybridized carbons (Fsp3) is 0.571. The van der Waals surface area contributed by atoms with Crippen LogP contribution >= 0.6 is 0 Å². The summed E-state index contributed by atoms with van der Waals surface area (Å²) in [4.78, 5) is 0. The molecule has 77 valence electrons. The second-order valence-corrected chi connectivity index (χ2v) is 4.92. The molecule has 1 aromatic carbocycles. The third-order valence-electron chi connectivity index (χ3n) is 2.20. The van der Waals surface area contributed by atoms with Crippen LogP contribution in [0.1, 0.15) is 38.8 Å². The summed E-state index contributed by atoms with van der Waals surface area (Å²) in [6.07, 6.45) is 2.33. The molecule has 0 N–H and O–H groups in total. The van der Waals surface area contributed by atoms with E-state index in [1.54, 1.807) is 0 Å². The molecule has 0 nitrogen and oxygen atoms in total. The van der Waals surface area contributed by atoms with Crippen molar-refractivity contribution in [2.24, 2.45) is 11.8 Å². The van der Waals surface area contributed by atoms with Crippen molar-refractivity contribution in [3.05, 3.63) is 35.4 Å². The lowest BCUT2D eigenvalue weighted by molar-refractivity contribution is 0.635. The molecule has 0 amide bonds. The van der Waals surface area contributed by atoms with Crippen molar-refractivity contribution in [3.8, 4) is 0 Å². The Morgan fingerprint density at radius 3 is 2.29 bits per heavy atom. The molecule has 0 heteroatoms. The van der Waals surface area contributed by atoms with Crippen LogP contribution < -0.4 is 0 Å². The van der Waals surface area contributed by atoms with Gasteiger partial charge in [0.15, 0.2) is 0 Å². The summed E-state index contributed by atoms with van der Waals surface area (Å²) in [5.74, 6) is 1.46. The molecule has 0 fully saturated rings. The molecule has 1 aromatic rings. The Balaban J connectivity index is 2.68. The van der Waals surface area contributed by atoms with Gasteiger partial charge >= 0.3 is 0 Å². The van der Waals surface area contributed by atoms with Crippen molar-refractivity contribution in [2.75, 3.05) is 0 Å². The molecular weight excluding hydrogens is 168 g/mol. The standard InChI is InChI=1S/C14H21/c1-11(2)8-13-6-5-7-14(10-13)9-12(3)4/h5-6,10-12H,8-9H2,1-4H3. The van der Waals surface area contributed by atoms with Gasteiger partial charge in [0.2, 0.25) is 0 Å². The van der Waals surface area contributed by atoms with Gasteiger partial charge in [0.25, 0.3) is 0 Å². The van der Waals surface area contributed by atoms with Gasteiger partial charge < -0.3 is 0 Å². The number of benzene rings is 1. The van der Waals surface area contributed by atoms with Gasteiger partial charge in [0, 0.05) is 0 Å². The van der Waals surface area contributed by atoms with Crippen molar-refractivity contribution >= 4 is 0 Å². The fourth-order valence-electron chi connectivity index (χ4n) is 1.73. The zero-order chi connectivity index (χ0) is 10.6. The van der Waals surface area contributed by atoms with Gasteiger partial charge in [-0.1, -0.05) is 45.9 Å². The van der Waals surface area contributed by atoms with Gasteiger partial charge in [-0.15, -0.1) is 0 Å². The Labute approximate surface area is 88.4 Å². The Morgan fingerprint density at radius 2 is 1.71 bits per heavy atom. The van der Waals surface area contributed by atoms with E-state index in [1.807, 2.05) is 0 Å². The monoisotopic (exact) mass is 189 g/mol. The Bertz CT molecular complexity index is 246. The summed E-state index contributed by atoms with van der Waals surface area (Å²) >= 11 is 0. The molecule has 0 saturated carbocycles. The summed E-state index contributed by atoms with van der Waals surface area (Å²) in [5, 5.41) is 0. The van der Waals surface area contributed by atoms with Crippen LogP contribution in [-0.2, 0) is 12.8 Å². The van der Waals surface area contributed by atoms with E-state index in [2.05, 4.69) is 52.0 Å². The van der Waals surface area contributed by atoms with E-state index in [0.717, 1.165) is 18.3 Å². The molecule has 0 aliphatic carbocycles. The van der Waals surface area contributed by atoms with Crippen LogP contribution in [0.25, 0.3) is 0 Å². The van der Waals surface area contributed by atoms with Gasteiger partial charge in [-0.05, 0) is 41.9 Å². The van der Waals surface area contributed by atoms with E-state index in [9.17, 15) is 0 Å². The predicted molar refractivity (Wildman–Crippen MR) is 62.4 cm³/mol. The molecule has 0 atom stereocenters. The zero-order valence-corrected chi connectivity index (χ0v) is 9.80. The maximum Gasteiger partial charge on any atom is -0.0149 e. The molecule has 0 unspecified atom stereocenters. The van der Waals surface area contributed by atoms with Crippen LogP contribution in [0.3, 0.4) is 0 Å². The van der Waals surface area contributed by atoms with E-state index < -0.39 is 0 Å². The average molecular weight is 189 g/mol. The number of rotatable bonds is 4. The molecule has 0 bridgehead atoms. The number of hydrogen-bond acceptors (Lipinski definition) is 0. The Hall–Kier alpha value is -0.780. The third-order valence-corrected chi connectivity index (χ3v) is 2.20. The second kappa shape index (κ2) is 5.19. The summed E-state index contributed by atoms with van der Waals surface area (Å²) in [6.45, 7) is 9.03. The largest absolute Gasteiger partial charge is 0.0625 e. The third kappa shape index (κ3) is 3.95. The van der Waals surface area contributed by atoms with E-state index in [-0.39, 0.29) is 0 Å². The highest BCUT2D eigenvalue weighted by molar-refractivity contribution is 5.23. The van der Waals surface area contributed by atoms with Gasteiger partial charge in [-0.25, -0.2) is 0 Å². The highest BCUT2D eigenvalue weighted by Crippen LogP contribution is 2.13. The topological polar surface area (TPSA) is 0 Å². The molecule has 1 rings (SSSR count). The zero-order valence-electron chi connectivity index (χ0n) is 9.80. The van der Waals surface area contributed by atoms with Gasteiger partial charge in [0.1, 0.15) is 0 Å². The van der Waals surface area contributed by atoms with Crippen molar-refractivity contribution in [1.82, 2.24) is 0 Å². The van der Waals surface area contributed by atoms with E-state index >= 15 is 0 Å². The minimum atomic E-state index is 0.723. The van der Waals surface area contributed by atoms with Gasteiger partial charge in [-0.3, -0.25) is 0 Å². The minimum Gasteiger partial charge on any atom is -0.0625 e. The molecular formula is C14H21. The van der Waals surface area contributed by atoms with Crippen LogP contribution in [0, 0.1) is 17.9 Å². The molecule has 0 aliphatic heterocycles. The van der Waals surface area contributed by atoms with Gasteiger partial charge in [-0.2, -0.15) is 0 Å². The van der Waals surface area contributed by atoms with E-state index in [1.165, 1.54) is 17.5 Å². The highest BCUT2D eigenvalue weighted by Gasteiger charge is 2.01. The average Bonchev–Trinajstić information content (AvgIpc) is 2.01. The van der Waals surface area contributed by atoms with Crippen LogP contribution in [0.15, 0.2) is 18.2 Å². The quantitative estimate of drug-likeness (QED) is 0.674. The fourth-order valence-corrected chi connectivity index (χ4v) is 1.73. The lowest BCUT2D eigenvalue weighted by atomic mass is 9.97. The van der Waals surface area contributed by atoms with Crippen molar-refractivity contribution in [3.63, 3.8) is 0 Å². The van der Waals surface area contributed by atoms with Crippen LogP contribution in [-0.4, -0.2) is 0 Å². The summed E-state index contributed by atoms with van der Waals surface area (Å²) < 4.78 is 0. The molecule has 14 heavy (non-hydrogen) atoms. The molecule has 0 aliphatic rings. The van der Waals surface area contributed by atoms with Crippen LogP contribution in [0.5, 0.6) is 0 Å². The lowest BCUT2D eigenvalue weighted by Crippen LogP contribution is -1.98. The SMILES string of the molecule is CC(C)Cc1[c]ccc(CC(C)C)c1. The first-order valence-electron chi connectivity index (χ1n) is 5.57. The minimum absolute atomic E-state index is 0.723. The van der Waals surface area contributed by atoms with Crippen molar-refractivity contribution in [1.29, 1.82) is 0 Å². The first-order chi connectivity index (χ1) is 6.58. The van der Waals surface area contributed by atoms with E-state index in [4.69, 9.17) is 0 Å². The summed E-state index contributed by atoms with van der Waals surface area (Å²) in [7, 11) is 0. The smallest absolute Gasteiger partial charge is 0.0149 e. The second-order valence-electron chi connectivity index (χ2n) is 4.92. The van der Waals surface area contributed by atoms with Crippen LogP contribution in [0.2, 0.25) is 0 Å². The summed E-state index contributed by atoms with van der Waals surface area (Å²) in [5.41, 5.74) is 2.81. The van der Waals surface area contributed by atoms with E-state index in [0.29, 0.717) is 0 Å². The first kappa shape index (κ1) is 11.3. The van der Waals surface area contributed by atoms with Crippen molar-refractivity contribution < 1.29 is 0 Å². The molecule has 1 radical (unpaired) electrons. The van der Waals surface area contributed by atoms with Crippen LogP contribution in [0.4, 0.5) is 0 Å². The number of hydrogen-bond donors (Lipinski definition) is 0. The maximum atomic E-state index is 3.31. The molecule has 0 heterocycles. The normalized spacial score (nSPS) is 11.3. The summed E-state index contributed by atoms with van der Waals surface area (Å²) in [6, 6.07) is 9.87.